The van der Waals surface area contributed by atoms with Crippen molar-refractivity contribution in [3.63, 3.8) is 0 Å². The number of carbonyl (C=O) groups excluding carboxylic acids is 1. The maximum Gasteiger partial charge on any atom is 0.338 e. The minimum Gasteiger partial charge on any atom is -0.494 e. The summed E-state index contributed by atoms with van der Waals surface area (Å²) in [7, 11) is 0. The number of benzene rings is 2. The number of imidazole rings is 1. The number of aromatic nitrogens is 2. The van der Waals surface area contributed by atoms with E-state index in [2.05, 4.69) is 23.7 Å². The van der Waals surface area contributed by atoms with Crippen molar-refractivity contribution in [3.8, 4) is 5.75 Å². The zero-order chi connectivity index (χ0) is 22.5. The van der Waals surface area contributed by atoms with Gasteiger partial charge in [-0.15, -0.1) is 0 Å². The van der Waals surface area contributed by atoms with Crippen molar-refractivity contribution in [2.24, 2.45) is 0 Å². The molecule has 6 nitrogen and oxygen atoms in total. The number of carbonyl (C=O) groups is 1. The number of nitrogens with zero attached hydrogens (tertiary/aromatic N) is 2. The quantitative estimate of drug-likeness (QED) is 0.339. The molecule has 3 aromatic rings. The molecule has 6 heteroatoms. The maximum atomic E-state index is 13.2. The summed E-state index contributed by atoms with van der Waals surface area (Å²) in [5, 5.41) is 3.43. The third kappa shape index (κ3) is 4.22. The summed E-state index contributed by atoms with van der Waals surface area (Å²) in [6, 6.07) is 15.7. The van der Waals surface area contributed by atoms with Gasteiger partial charge in [0.1, 0.15) is 5.75 Å². The average Bonchev–Trinajstić information content (AvgIpc) is 3.17. The lowest BCUT2D eigenvalue weighted by atomic mass is 9.93. The molecule has 0 amide bonds. The fourth-order valence-corrected chi connectivity index (χ4v) is 4.21. The molecule has 0 aliphatic carbocycles. The largest absolute Gasteiger partial charge is 0.494 e. The number of fused-ring (bicyclic) bond motifs is 3. The van der Waals surface area contributed by atoms with Gasteiger partial charge in [0.15, 0.2) is 0 Å². The summed E-state index contributed by atoms with van der Waals surface area (Å²) >= 11 is 0. The van der Waals surface area contributed by atoms with Gasteiger partial charge in [-0.1, -0.05) is 51.0 Å². The van der Waals surface area contributed by atoms with Gasteiger partial charge in [0.2, 0.25) is 5.95 Å². The zero-order valence-corrected chi connectivity index (χ0v) is 19.1. The van der Waals surface area contributed by atoms with Gasteiger partial charge in [0.25, 0.3) is 0 Å². The van der Waals surface area contributed by atoms with E-state index < -0.39 is 0 Å². The lowest BCUT2D eigenvalue weighted by molar-refractivity contribution is -0.139. The molecule has 4 rings (SSSR count). The van der Waals surface area contributed by atoms with Crippen molar-refractivity contribution in [2.75, 3.05) is 18.5 Å². The van der Waals surface area contributed by atoms with Crippen LogP contribution in [0.15, 0.2) is 59.8 Å². The molecule has 1 aliphatic rings. The number of rotatable bonds is 9. The van der Waals surface area contributed by atoms with Crippen LogP contribution in [0.25, 0.3) is 11.0 Å². The van der Waals surface area contributed by atoms with Crippen LogP contribution in [0.4, 0.5) is 5.95 Å². The van der Waals surface area contributed by atoms with E-state index in [4.69, 9.17) is 14.5 Å². The van der Waals surface area contributed by atoms with E-state index in [1.807, 2.05) is 55.5 Å². The summed E-state index contributed by atoms with van der Waals surface area (Å²) in [6.07, 6.45) is 3.72. The predicted octanol–water partition coefficient (Wildman–Crippen LogP) is 5.85. The van der Waals surface area contributed by atoms with E-state index in [0.29, 0.717) is 18.8 Å². The first-order chi connectivity index (χ1) is 15.7. The van der Waals surface area contributed by atoms with Crippen LogP contribution in [0, 0.1) is 0 Å². The van der Waals surface area contributed by atoms with Crippen LogP contribution in [-0.4, -0.2) is 28.7 Å². The maximum absolute atomic E-state index is 13.2. The minimum absolute atomic E-state index is 0.297. The molecule has 0 radical (unpaired) electrons. The molecule has 32 heavy (non-hydrogen) atoms. The second-order valence-electron chi connectivity index (χ2n) is 7.96. The summed E-state index contributed by atoms with van der Waals surface area (Å²) in [4.78, 5) is 18.1. The third-order valence-electron chi connectivity index (χ3n) is 5.65. The number of ether oxygens (including phenoxy) is 2. The molecule has 1 aliphatic heterocycles. The van der Waals surface area contributed by atoms with E-state index in [9.17, 15) is 4.79 Å². The molecule has 168 valence electrons. The molecule has 0 spiro atoms. The van der Waals surface area contributed by atoms with E-state index in [1.54, 1.807) is 0 Å². The van der Waals surface area contributed by atoms with Crippen molar-refractivity contribution < 1.29 is 14.3 Å². The molecule has 0 unspecified atom stereocenters. The van der Waals surface area contributed by atoms with Crippen molar-refractivity contribution in [3.05, 3.63) is 65.4 Å². The summed E-state index contributed by atoms with van der Waals surface area (Å²) in [5.41, 5.74) is 4.33. The SMILES string of the molecule is CCCCOc1cccc([C@@H]2C(C(=O)OCC)=C(CCC)Nc3nc4ccccc4n32)c1. The Morgan fingerprint density at radius 2 is 1.94 bits per heavy atom. The van der Waals surface area contributed by atoms with E-state index >= 15 is 0 Å². The van der Waals surface area contributed by atoms with Crippen molar-refractivity contribution >= 4 is 23.0 Å². The highest BCUT2D eigenvalue weighted by Crippen LogP contribution is 2.41. The number of hydrogen-bond donors (Lipinski definition) is 1. The molecule has 0 saturated heterocycles. The highest BCUT2D eigenvalue weighted by molar-refractivity contribution is 5.94. The monoisotopic (exact) mass is 433 g/mol. The molecule has 2 aromatic carbocycles. The molecule has 0 saturated carbocycles. The molecule has 2 heterocycles. The van der Waals surface area contributed by atoms with Gasteiger partial charge < -0.3 is 14.8 Å². The van der Waals surface area contributed by atoms with Crippen LogP contribution in [0.1, 0.15) is 58.1 Å². The number of unbranched alkanes of at least 4 members (excludes halogenated alkanes) is 1. The van der Waals surface area contributed by atoms with Gasteiger partial charge in [-0.05, 0) is 49.6 Å². The van der Waals surface area contributed by atoms with Crippen LogP contribution in [-0.2, 0) is 9.53 Å². The standard InChI is InChI=1S/C26H31N3O3/c1-4-7-16-32-19-13-10-12-18(17-19)24-23(25(30)31-6-3)21(11-5-2)28-26-27-20-14-8-9-15-22(20)29(24)26/h8-10,12-15,17,24H,4-7,11,16H2,1-3H3,(H,27,28)/t24-/m1/s1. The lowest BCUT2D eigenvalue weighted by Gasteiger charge is -2.31. The first-order valence-corrected chi connectivity index (χ1v) is 11.5. The third-order valence-corrected chi connectivity index (χ3v) is 5.65. The Morgan fingerprint density at radius 3 is 2.72 bits per heavy atom. The Labute approximate surface area is 189 Å². The molecular weight excluding hydrogens is 402 g/mol. The summed E-state index contributed by atoms with van der Waals surface area (Å²) < 4.78 is 13.6. The Balaban J connectivity index is 1.89. The second kappa shape index (κ2) is 9.90. The van der Waals surface area contributed by atoms with Gasteiger partial charge in [0, 0.05) is 5.70 Å². The highest BCUT2D eigenvalue weighted by atomic mass is 16.5. The number of allylic oxidation sites excluding steroid dienone is 1. The highest BCUT2D eigenvalue weighted by Gasteiger charge is 2.36. The van der Waals surface area contributed by atoms with Crippen molar-refractivity contribution in [2.45, 2.75) is 52.5 Å². The van der Waals surface area contributed by atoms with E-state index in [-0.39, 0.29) is 12.0 Å². The minimum atomic E-state index is -0.353. The zero-order valence-electron chi connectivity index (χ0n) is 19.1. The smallest absolute Gasteiger partial charge is 0.338 e. The van der Waals surface area contributed by atoms with Crippen LogP contribution >= 0.6 is 0 Å². The topological polar surface area (TPSA) is 65.4 Å². The first kappa shape index (κ1) is 21.9. The first-order valence-electron chi connectivity index (χ1n) is 11.5. The Morgan fingerprint density at radius 1 is 1.09 bits per heavy atom. The average molecular weight is 434 g/mol. The Hall–Kier alpha value is -3.28. The second-order valence-corrected chi connectivity index (χ2v) is 7.96. The normalized spacial score (nSPS) is 15.4. The number of anilines is 1. The van der Waals surface area contributed by atoms with Crippen molar-refractivity contribution in [1.29, 1.82) is 0 Å². The van der Waals surface area contributed by atoms with Gasteiger partial charge >= 0.3 is 5.97 Å². The Bertz CT molecular complexity index is 1130. The number of para-hydroxylation sites is 2. The fourth-order valence-electron chi connectivity index (χ4n) is 4.21. The molecular formula is C26H31N3O3. The molecule has 0 bridgehead atoms. The number of esters is 1. The van der Waals surface area contributed by atoms with Gasteiger partial charge in [-0.3, -0.25) is 4.57 Å². The molecule has 1 atom stereocenters. The molecule has 0 fully saturated rings. The summed E-state index contributed by atoms with van der Waals surface area (Å²) in [6.45, 7) is 7.08. The van der Waals surface area contributed by atoms with Crippen LogP contribution in [0.2, 0.25) is 0 Å². The number of nitrogens with one attached hydrogen (secondary N) is 1. The Kier molecular flexibility index (Phi) is 6.78. The van der Waals surface area contributed by atoms with Gasteiger partial charge in [-0.2, -0.15) is 0 Å². The van der Waals surface area contributed by atoms with Gasteiger partial charge in [-0.25, -0.2) is 9.78 Å². The number of hydrogen-bond acceptors (Lipinski definition) is 5. The van der Waals surface area contributed by atoms with E-state index in [1.165, 1.54) is 0 Å². The summed E-state index contributed by atoms with van der Waals surface area (Å²) in [5.74, 6) is 1.25. The van der Waals surface area contributed by atoms with Crippen molar-refractivity contribution in [1.82, 2.24) is 9.55 Å². The lowest BCUT2D eigenvalue weighted by Crippen LogP contribution is -2.29. The van der Waals surface area contributed by atoms with Crippen LogP contribution in [0.5, 0.6) is 5.75 Å². The van der Waals surface area contributed by atoms with Crippen LogP contribution in [0.3, 0.4) is 0 Å². The van der Waals surface area contributed by atoms with Gasteiger partial charge in [0.05, 0.1) is 35.9 Å². The van der Waals surface area contributed by atoms with Crippen LogP contribution < -0.4 is 10.1 Å². The predicted molar refractivity (Wildman–Crippen MR) is 127 cm³/mol. The van der Waals surface area contributed by atoms with E-state index in [0.717, 1.165) is 59.7 Å². The fraction of sp³-hybridized carbons (Fsp3) is 0.385. The molecule has 1 N–H and O–H groups in total. The molecule has 1 aromatic heterocycles.